The van der Waals surface area contributed by atoms with Gasteiger partial charge in [-0.05, 0) is 38.5 Å². The summed E-state index contributed by atoms with van der Waals surface area (Å²) in [6.45, 7) is 5.31. The van der Waals surface area contributed by atoms with Crippen molar-refractivity contribution in [2.24, 2.45) is 0 Å². The quantitative estimate of drug-likeness (QED) is 0.829. The maximum absolute atomic E-state index is 12.1. The van der Waals surface area contributed by atoms with Crippen LogP contribution in [0.25, 0.3) is 0 Å². The van der Waals surface area contributed by atoms with Gasteiger partial charge >= 0.3 is 0 Å². The van der Waals surface area contributed by atoms with Gasteiger partial charge in [-0.3, -0.25) is 9.59 Å². The number of benzene rings is 1. The van der Waals surface area contributed by atoms with Gasteiger partial charge in [-0.2, -0.15) is 0 Å². The summed E-state index contributed by atoms with van der Waals surface area (Å²) in [4.78, 5) is 25.9. The summed E-state index contributed by atoms with van der Waals surface area (Å²) in [5, 5.41) is 16.2. The Labute approximate surface area is 157 Å². The number of aliphatic hydroxyl groups is 1. The van der Waals surface area contributed by atoms with Gasteiger partial charge in [0.05, 0.1) is 12.6 Å². The molecule has 1 aliphatic rings. The number of nitrogens with one attached hydrogen (secondary N) is 1. The van der Waals surface area contributed by atoms with Crippen LogP contribution in [0.3, 0.4) is 0 Å². The van der Waals surface area contributed by atoms with Gasteiger partial charge in [-0.1, -0.05) is 17.3 Å². The van der Waals surface area contributed by atoms with Crippen molar-refractivity contribution in [1.82, 2.24) is 10.1 Å². The van der Waals surface area contributed by atoms with E-state index in [1.807, 2.05) is 26.0 Å². The average molecular weight is 373 g/mol. The average Bonchev–Trinajstić information content (AvgIpc) is 3.08. The normalized spacial score (nSPS) is 20.2. The van der Waals surface area contributed by atoms with Crippen LogP contribution in [0.4, 0.5) is 5.69 Å². The largest absolute Gasteiger partial charge is 0.394 e. The number of carbonyl (C=O) groups is 2. The molecule has 1 fully saturated rings. The molecule has 27 heavy (non-hydrogen) atoms. The number of aryl methyl sites for hydroxylation is 1. The minimum absolute atomic E-state index is 0.0245. The second kappa shape index (κ2) is 7.89. The first-order valence-corrected chi connectivity index (χ1v) is 8.79. The van der Waals surface area contributed by atoms with Crippen LogP contribution in [-0.4, -0.2) is 52.3 Å². The molecule has 0 spiro atoms. The van der Waals surface area contributed by atoms with E-state index in [9.17, 15) is 14.7 Å². The van der Waals surface area contributed by atoms with Crippen molar-refractivity contribution in [2.75, 3.05) is 18.5 Å². The highest BCUT2D eigenvalue weighted by molar-refractivity contribution is 6.02. The highest BCUT2D eigenvalue weighted by Gasteiger charge is 2.38. The first kappa shape index (κ1) is 19.1. The summed E-state index contributed by atoms with van der Waals surface area (Å²) in [7, 11) is 0. The van der Waals surface area contributed by atoms with Crippen LogP contribution in [-0.2, 0) is 9.53 Å². The van der Waals surface area contributed by atoms with E-state index in [1.165, 1.54) is 0 Å². The fourth-order valence-electron chi connectivity index (χ4n) is 3.28. The Hall–Kier alpha value is -2.71. The fraction of sp³-hybridized carbons (Fsp3) is 0.421. The third kappa shape index (κ3) is 4.01. The molecule has 144 valence electrons. The van der Waals surface area contributed by atoms with Crippen molar-refractivity contribution in [3.05, 3.63) is 47.3 Å². The number of hydrogen-bond acceptors (Lipinski definition) is 6. The van der Waals surface area contributed by atoms with Gasteiger partial charge in [0.15, 0.2) is 5.69 Å². The third-order valence-corrected chi connectivity index (χ3v) is 4.48. The second-order valence-electron chi connectivity index (χ2n) is 6.78. The van der Waals surface area contributed by atoms with Crippen LogP contribution in [0, 0.1) is 6.92 Å². The summed E-state index contributed by atoms with van der Waals surface area (Å²) in [6, 6.07) is 8.18. The molecule has 0 radical (unpaired) electrons. The zero-order chi connectivity index (χ0) is 19.6. The number of carbonyl (C=O) groups excluding carboxylic acids is 2. The highest BCUT2D eigenvalue weighted by atomic mass is 16.5. The molecule has 8 nitrogen and oxygen atoms in total. The minimum Gasteiger partial charge on any atom is -0.394 e. The van der Waals surface area contributed by atoms with E-state index in [4.69, 9.17) is 9.26 Å². The number of ether oxygens (including phenoxy) is 1. The Balaban J connectivity index is 1.74. The summed E-state index contributed by atoms with van der Waals surface area (Å²) in [6.07, 6.45) is -0.432. The van der Waals surface area contributed by atoms with Gasteiger partial charge in [0.25, 0.3) is 5.91 Å². The molecule has 0 aliphatic carbocycles. The minimum atomic E-state index is -0.454. The maximum Gasteiger partial charge on any atom is 0.277 e. The molecule has 0 saturated carbocycles. The Kier molecular flexibility index (Phi) is 5.57. The Morgan fingerprint density at radius 1 is 1.37 bits per heavy atom. The number of amides is 2. The van der Waals surface area contributed by atoms with Crippen molar-refractivity contribution in [3.63, 3.8) is 0 Å². The number of aromatic nitrogens is 1. The van der Waals surface area contributed by atoms with Gasteiger partial charge in [-0.25, -0.2) is 0 Å². The number of aliphatic hydroxyl groups excluding tert-OH is 1. The first-order chi connectivity index (χ1) is 12.9. The smallest absolute Gasteiger partial charge is 0.277 e. The number of rotatable bonds is 5. The van der Waals surface area contributed by atoms with Gasteiger partial charge in [0.1, 0.15) is 18.5 Å². The molecule has 0 bridgehead atoms. The Bertz CT molecular complexity index is 815. The molecule has 8 heteroatoms. The lowest BCUT2D eigenvalue weighted by Gasteiger charge is -2.42. The summed E-state index contributed by atoms with van der Waals surface area (Å²) >= 11 is 0. The summed E-state index contributed by atoms with van der Waals surface area (Å²) in [5.74, 6) is 0.0645. The van der Waals surface area contributed by atoms with Crippen LogP contribution in [0.15, 0.2) is 34.9 Å². The first-order valence-electron chi connectivity index (χ1n) is 8.79. The molecular formula is C19H23N3O5. The molecule has 1 aromatic carbocycles. The predicted molar refractivity (Wildman–Crippen MR) is 97.2 cm³/mol. The second-order valence-corrected chi connectivity index (χ2v) is 6.78. The topological polar surface area (TPSA) is 105 Å². The van der Waals surface area contributed by atoms with Crippen LogP contribution in [0.2, 0.25) is 0 Å². The molecule has 3 rings (SSSR count). The van der Waals surface area contributed by atoms with E-state index in [1.54, 1.807) is 30.0 Å². The lowest BCUT2D eigenvalue weighted by Crippen LogP contribution is -2.55. The molecule has 0 unspecified atom stereocenters. The number of nitrogens with zero attached hydrogens (tertiary/aromatic N) is 2. The van der Waals surface area contributed by atoms with Gasteiger partial charge in [0.2, 0.25) is 5.91 Å². The van der Waals surface area contributed by atoms with E-state index >= 15 is 0 Å². The Morgan fingerprint density at radius 2 is 2.07 bits per heavy atom. The van der Waals surface area contributed by atoms with Crippen LogP contribution in [0.1, 0.15) is 41.8 Å². The third-order valence-electron chi connectivity index (χ3n) is 4.48. The highest BCUT2D eigenvalue weighted by Crippen LogP contribution is 2.31. The van der Waals surface area contributed by atoms with Crippen molar-refractivity contribution in [3.8, 4) is 0 Å². The molecule has 1 aliphatic heterocycles. The molecule has 2 atom stereocenters. The molecule has 1 aromatic heterocycles. The van der Waals surface area contributed by atoms with Gasteiger partial charge in [-0.15, -0.1) is 0 Å². The SMILES string of the molecule is Cc1cc(C(=O)Nc2ccc([C@H]3OCC(=O)N(C(C)C)[C@@H]3CO)cc2)no1. The molecule has 1 saturated heterocycles. The van der Waals surface area contributed by atoms with Crippen LogP contribution in [0.5, 0.6) is 0 Å². The van der Waals surface area contributed by atoms with Crippen LogP contribution < -0.4 is 5.32 Å². The molecular weight excluding hydrogens is 350 g/mol. The number of hydrogen-bond donors (Lipinski definition) is 2. The van der Waals surface area contributed by atoms with Crippen molar-refractivity contribution < 1.29 is 24.0 Å². The number of morpholine rings is 1. The molecule has 2 heterocycles. The van der Waals surface area contributed by atoms with E-state index in [0.29, 0.717) is 11.4 Å². The standard InChI is InChI=1S/C19H23N3O5/c1-11(2)22-16(9-23)18(26-10-17(22)24)13-4-6-14(7-5-13)20-19(25)15-8-12(3)27-21-15/h4-8,11,16,18,23H,9-10H2,1-3H3,(H,20,25)/t16-,18-/m1/s1. The fourth-order valence-corrected chi connectivity index (χ4v) is 3.28. The zero-order valence-corrected chi connectivity index (χ0v) is 15.5. The molecule has 2 aromatic rings. The van der Waals surface area contributed by atoms with Crippen molar-refractivity contribution in [1.29, 1.82) is 0 Å². The van der Waals surface area contributed by atoms with E-state index in [2.05, 4.69) is 10.5 Å². The molecule has 2 N–H and O–H groups in total. The van der Waals surface area contributed by atoms with Crippen molar-refractivity contribution in [2.45, 2.75) is 39.0 Å². The Morgan fingerprint density at radius 3 is 2.63 bits per heavy atom. The van der Waals surface area contributed by atoms with E-state index in [-0.39, 0.29) is 36.8 Å². The zero-order valence-electron chi connectivity index (χ0n) is 15.5. The van der Waals surface area contributed by atoms with Gasteiger partial charge < -0.3 is 24.6 Å². The van der Waals surface area contributed by atoms with Crippen molar-refractivity contribution >= 4 is 17.5 Å². The van der Waals surface area contributed by atoms with Gasteiger partial charge in [0, 0.05) is 17.8 Å². The predicted octanol–water partition coefficient (Wildman–Crippen LogP) is 1.90. The summed E-state index contributed by atoms with van der Waals surface area (Å²) in [5.41, 5.74) is 1.62. The number of anilines is 1. The lowest BCUT2D eigenvalue weighted by molar-refractivity contribution is -0.164. The molecule has 2 amide bonds. The lowest BCUT2D eigenvalue weighted by atomic mass is 9.98. The monoisotopic (exact) mass is 373 g/mol. The summed E-state index contributed by atoms with van der Waals surface area (Å²) < 4.78 is 10.6. The van der Waals surface area contributed by atoms with E-state index < -0.39 is 12.1 Å². The maximum atomic E-state index is 12.1. The van der Waals surface area contributed by atoms with E-state index in [0.717, 1.165) is 5.56 Å². The van der Waals surface area contributed by atoms with Crippen LogP contribution >= 0.6 is 0 Å².